The van der Waals surface area contributed by atoms with Crippen molar-refractivity contribution < 1.29 is 24.9 Å². The van der Waals surface area contributed by atoms with Crippen LogP contribution in [0.3, 0.4) is 0 Å². The molecular formula is C14H17NO5. The molecule has 0 aliphatic carbocycles. The Morgan fingerprint density at radius 3 is 2.70 bits per heavy atom. The first-order valence-electron chi connectivity index (χ1n) is 6.50. The Morgan fingerprint density at radius 1 is 1.30 bits per heavy atom. The van der Waals surface area contributed by atoms with Gasteiger partial charge in [-0.2, -0.15) is 0 Å². The first-order valence-corrected chi connectivity index (χ1v) is 6.50. The Labute approximate surface area is 116 Å². The van der Waals surface area contributed by atoms with E-state index < -0.39 is 5.97 Å². The molecule has 1 unspecified atom stereocenters. The number of carbonyl (C=O) groups excluding carboxylic acids is 1. The number of phenols is 2. The van der Waals surface area contributed by atoms with Crippen LogP contribution in [0, 0.1) is 5.92 Å². The molecule has 1 heterocycles. The van der Waals surface area contributed by atoms with Gasteiger partial charge in [0, 0.05) is 25.6 Å². The first kappa shape index (κ1) is 14.2. The number of aliphatic carboxylic acids is 1. The van der Waals surface area contributed by atoms with Crippen molar-refractivity contribution in [2.45, 2.75) is 19.3 Å². The van der Waals surface area contributed by atoms with Crippen LogP contribution in [0.15, 0.2) is 18.2 Å². The molecule has 108 valence electrons. The Kier molecular flexibility index (Phi) is 4.12. The average molecular weight is 279 g/mol. The molecule has 0 saturated carbocycles. The summed E-state index contributed by atoms with van der Waals surface area (Å²) in [4.78, 5) is 24.4. The van der Waals surface area contributed by atoms with Crippen molar-refractivity contribution >= 4 is 11.9 Å². The van der Waals surface area contributed by atoms with Crippen LogP contribution in [0.1, 0.15) is 29.6 Å². The maximum atomic E-state index is 12.2. The minimum atomic E-state index is -0.828. The second kappa shape index (κ2) is 5.81. The van der Waals surface area contributed by atoms with Crippen molar-refractivity contribution in [3.63, 3.8) is 0 Å². The number of carboxylic acids is 1. The largest absolute Gasteiger partial charge is 0.508 e. The summed E-state index contributed by atoms with van der Waals surface area (Å²) in [6.45, 7) is 1.07. The van der Waals surface area contributed by atoms with Crippen molar-refractivity contribution in [1.82, 2.24) is 4.90 Å². The number of aromatic hydroxyl groups is 2. The number of phenolic OH excluding ortho intramolecular Hbond substituents is 2. The van der Waals surface area contributed by atoms with E-state index in [0.29, 0.717) is 19.5 Å². The number of likely N-dealkylation sites (tertiary alicyclic amines) is 1. The Hall–Kier alpha value is -2.24. The maximum absolute atomic E-state index is 12.2. The Morgan fingerprint density at radius 2 is 2.05 bits per heavy atom. The topological polar surface area (TPSA) is 98.1 Å². The molecule has 1 saturated heterocycles. The minimum Gasteiger partial charge on any atom is -0.508 e. The molecule has 0 bridgehead atoms. The van der Waals surface area contributed by atoms with Gasteiger partial charge in [-0.05, 0) is 30.9 Å². The standard InChI is InChI=1S/C14H17NO5/c16-10-2-3-11(12(17)7-10)14(20)15-6-5-9(8-15)1-4-13(18)19/h2-3,7,9,16-17H,1,4-6,8H2,(H,18,19). The van der Waals surface area contributed by atoms with Crippen LogP contribution in [-0.4, -0.2) is 45.2 Å². The molecule has 0 aromatic heterocycles. The van der Waals surface area contributed by atoms with Gasteiger partial charge < -0.3 is 20.2 Å². The molecule has 0 radical (unpaired) electrons. The summed E-state index contributed by atoms with van der Waals surface area (Å²) in [7, 11) is 0. The van der Waals surface area contributed by atoms with Crippen molar-refractivity contribution in [1.29, 1.82) is 0 Å². The highest BCUT2D eigenvalue weighted by Gasteiger charge is 2.28. The molecule has 20 heavy (non-hydrogen) atoms. The first-order chi connectivity index (χ1) is 9.47. The summed E-state index contributed by atoms with van der Waals surface area (Å²) in [6, 6.07) is 3.87. The molecule has 1 fully saturated rings. The molecule has 1 aromatic rings. The molecule has 1 aliphatic rings. The molecule has 3 N–H and O–H groups in total. The zero-order valence-corrected chi connectivity index (χ0v) is 11.0. The number of nitrogens with zero attached hydrogens (tertiary/aromatic N) is 1. The Balaban J connectivity index is 1.99. The second-order valence-electron chi connectivity index (χ2n) is 5.04. The highest BCUT2D eigenvalue weighted by molar-refractivity contribution is 5.97. The lowest BCUT2D eigenvalue weighted by Crippen LogP contribution is -2.28. The van der Waals surface area contributed by atoms with Gasteiger partial charge in [-0.25, -0.2) is 0 Å². The molecule has 1 aliphatic heterocycles. The fraction of sp³-hybridized carbons (Fsp3) is 0.429. The molecule has 1 aromatic carbocycles. The van der Waals surface area contributed by atoms with E-state index >= 15 is 0 Å². The summed E-state index contributed by atoms with van der Waals surface area (Å²) < 4.78 is 0. The van der Waals surface area contributed by atoms with E-state index in [-0.39, 0.29) is 35.3 Å². The molecule has 1 atom stereocenters. The van der Waals surface area contributed by atoms with E-state index in [1.165, 1.54) is 12.1 Å². The predicted octanol–water partition coefficient (Wildman–Crippen LogP) is 1.42. The average Bonchev–Trinajstić information content (AvgIpc) is 2.84. The molecule has 2 rings (SSSR count). The van der Waals surface area contributed by atoms with Gasteiger partial charge in [-0.15, -0.1) is 0 Å². The minimum absolute atomic E-state index is 0.0974. The third-order valence-electron chi connectivity index (χ3n) is 3.55. The highest BCUT2D eigenvalue weighted by atomic mass is 16.4. The van der Waals surface area contributed by atoms with E-state index in [1.807, 2.05) is 0 Å². The highest BCUT2D eigenvalue weighted by Crippen LogP contribution is 2.27. The van der Waals surface area contributed by atoms with Gasteiger partial charge in [-0.3, -0.25) is 9.59 Å². The second-order valence-corrected chi connectivity index (χ2v) is 5.04. The number of carbonyl (C=O) groups is 2. The summed E-state index contributed by atoms with van der Waals surface area (Å²) in [5.74, 6) is -1.27. The maximum Gasteiger partial charge on any atom is 0.303 e. The summed E-state index contributed by atoms with van der Waals surface area (Å²) in [5, 5.41) is 27.5. The lowest BCUT2D eigenvalue weighted by atomic mass is 10.0. The smallest absolute Gasteiger partial charge is 0.303 e. The van der Waals surface area contributed by atoms with E-state index in [2.05, 4.69) is 0 Å². The number of carboxylic acid groups (broad SMARTS) is 1. The van der Waals surface area contributed by atoms with Crippen LogP contribution >= 0.6 is 0 Å². The lowest BCUT2D eigenvalue weighted by Gasteiger charge is -2.17. The van der Waals surface area contributed by atoms with E-state index in [1.54, 1.807) is 4.90 Å². The predicted molar refractivity (Wildman–Crippen MR) is 70.7 cm³/mol. The van der Waals surface area contributed by atoms with Gasteiger partial charge in [-0.1, -0.05) is 0 Å². The quantitative estimate of drug-likeness (QED) is 0.774. The molecule has 1 amide bonds. The third kappa shape index (κ3) is 3.20. The third-order valence-corrected chi connectivity index (χ3v) is 3.55. The zero-order valence-electron chi connectivity index (χ0n) is 11.0. The van der Waals surface area contributed by atoms with Gasteiger partial charge in [0.05, 0.1) is 5.56 Å². The van der Waals surface area contributed by atoms with Crippen LogP contribution < -0.4 is 0 Å². The Bertz CT molecular complexity index is 528. The monoisotopic (exact) mass is 279 g/mol. The number of benzene rings is 1. The number of rotatable bonds is 4. The van der Waals surface area contributed by atoms with Crippen molar-refractivity contribution in [3.8, 4) is 11.5 Å². The fourth-order valence-electron chi connectivity index (χ4n) is 2.45. The van der Waals surface area contributed by atoms with Gasteiger partial charge in [0.15, 0.2) is 0 Å². The number of amides is 1. The van der Waals surface area contributed by atoms with Gasteiger partial charge >= 0.3 is 5.97 Å². The molecule has 6 nitrogen and oxygen atoms in total. The SMILES string of the molecule is O=C(O)CCC1CCN(C(=O)c2ccc(O)cc2O)C1. The lowest BCUT2D eigenvalue weighted by molar-refractivity contribution is -0.137. The molecule has 0 spiro atoms. The zero-order chi connectivity index (χ0) is 14.7. The van der Waals surface area contributed by atoms with Crippen molar-refractivity contribution in [2.24, 2.45) is 5.92 Å². The van der Waals surface area contributed by atoms with E-state index in [4.69, 9.17) is 5.11 Å². The van der Waals surface area contributed by atoms with Crippen LogP contribution in [0.5, 0.6) is 11.5 Å². The fourth-order valence-corrected chi connectivity index (χ4v) is 2.45. The van der Waals surface area contributed by atoms with Gasteiger partial charge in [0.2, 0.25) is 0 Å². The molecule has 6 heteroatoms. The number of hydrogen-bond donors (Lipinski definition) is 3. The summed E-state index contributed by atoms with van der Waals surface area (Å²) in [5.41, 5.74) is 0.154. The molecular weight excluding hydrogens is 262 g/mol. The van der Waals surface area contributed by atoms with Gasteiger partial charge in [0.25, 0.3) is 5.91 Å². The van der Waals surface area contributed by atoms with Crippen LogP contribution in [0.25, 0.3) is 0 Å². The van der Waals surface area contributed by atoms with Crippen LogP contribution in [0.4, 0.5) is 0 Å². The summed E-state index contributed by atoms with van der Waals surface area (Å²) in [6.07, 6.45) is 1.44. The van der Waals surface area contributed by atoms with E-state index in [0.717, 1.165) is 12.5 Å². The summed E-state index contributed by atoms with van der Waals surface area (Å²) >= 11 is 0. The normalized spacial score (nSPS) is 18.2. The van der Waals surface area contributed by atoms with Crippen LogP contribution in [0.2, 0.25) is 0 Å². The van der Waals surface area contributed by atoms with Gasteiger partial charge in [0.1, 0.15) is 11.5 Å². The van der Waals surface area contributed by atoms with E-state index in [9.17, 15) is 19.8 Å². The van der Waals surface area contributed by atoms with Crippen molar-refractivity contribution in [2.75, 3.05) is 13.1 Å². The van der Waals surface area contributed by atoms with Crippen molar-refractivity contribution in [3.05, 3.63) is 23.8 Å². The van der Waals surface area contributed by atoms with Crippen LogP contribution in [-0.2, 0) is 4.79 Å². The number of hydrogen-bond acceptors (Lipinski definition) is 4.